The molecule has 9 heteroatoms. The van der Waals surface area contributed by atoms with E-state index in [4.69, 9.17) is 4.74 Å². The van der Waals surface area contributed by atoms with Gasteiger partial charge < -0.3 is 14.5 Å². The Morgan fingerprint density at radius 3 is 2.77 bits per heavy atom. The molecule has 0 atom stereocenters. The van der Waals surface area contributed by atoms with Crippen molar-refractivity contribution in [3.63, 3.8) is 0 Å². The molecule has 0 spiro atoms. The molecular formula is C17H20N4O4S. The number of hydrogen-bond donors (Lipinski definition) is 0. The summed E-state index contributed by atoms with van der Waals surface area (Å²) in [5.74, 6) is -0.207. The maximum atomic E-state index is 12.6. The van der Waals surface area contributed by atoms with Crippen LogP contribution in [0, 0.1) is 17.0 Å². The highest BCUT2D eigenvalue weighted by Gasteiger charge is 2.24. The van der Waals surface area contributed by atoms with Crippen LogP contribution in [0.15, 0.2) is 23.6 Å². The van der Waals surface area contributed by atoms with Crippen molar-refractivity contribution in [3.8, 4) is 0 Å². The van der Waals surface area contributed by atoms with Crippen LogP contribution in [0.1, 0.15) is 21.1 Å². The van der Waals surface area contributed by atoms with Gasteiger partial charge in [-0.3, -0.25) is 14.9 Å². The Morgan fingerprint density at radius 1 is 1.42 bits per heavy atom. The van der Waals surface area contributed by atoms with E-state index in [9.17, 15) is 14.9 Å². The zero-order chi connectivity index (χ0) is 18.7. The van der Waals surface area contributed by atoms with Crippen molar-refractivity contribution in [2.75, 3.05) is 38.3 Å². The molecule has 1 saturated heterocycles. The van der Waals surface area contributed by atoms with Gasteiger partial charge in [0, 0.05) is 42.8 Å². The molecule has 1 amide bonds. The van der Waals surface area contributed by atoms with Gasteiger partial charge in [-0.1, -0.05) is 0 Å². The van der Waals surface area contributed by atoms with E-state index in [0.717, 1.165) is 10.7 Å². The number of benzene rings is 1. The van der Waals surface area contributed by atoms with Crippen LogP contribution in [-0.2, 0) is 11.3 Å². The lowest BCUT2D eigenvalue weighted by atomic mass is 10.1. The van der Waals surface area contributed by atoms with Crippen molar-refractivity contribution in [3.05, 3.63) is 50.0 Å². The zero-order valence-electron chi connectivity index (χ0n) is 14.7. The van der Waals surface area contributed by atoms with Crippen molar-refractivity contribution < 1.29 is 14.5 Å². The number of nitro groups is 1. The van der Waals surface area contributed by atoms with Gasteiger partial charge in [-0.2, -0.15) is 0 Å². The molecule has 2 aromatic rings. The van der Waals surface area contributed by atoms with Crippen molar-refractivity contribution >= 4 is 28.6 Å². The molecule has 2 heterocycles. The van der Waals surface area contributed by atoms with Gasteiger partial charge in [0.25, 0.3) is 11.6 Å². The maximum absolute atomic E-state index is 12.6. The lowest BCUT2D eigenvalue weighted by Crippen LogP contribution is -2.40. The highest BCUT2D eigenvalue weighted by atomic mass is 32.1. The Bertz CT molecular complexity index is 817. The Labute approximate surface area is 155 Å². The number of morpholine rings is 1. The van der Waals surface area contributed by atoms with Gasteiger partial charge in [-0.05, 0) is 19.1 Å². The fourth-order valence-electron chi connectivity index (χ4n) is 2.84. The number of hydrogen-bond acceptors (Lipinski definition) is 7. The van der Waals surface area contributed by atoms with Crippen LogP contribution in [0.3, 0.4) is 0 Å². The first-order chi connectivity index (χ1) is 12.5. The van der Waals surface area contributed by atoms with Crippen molar-refractivity contribution in [1.82, 2.24) is 9.88 Å². The van der Waals surface area contributed by atoms with Gasteiger partial charge in [-0.15, -0.1) is 11.3 Å². The fourth-order valence-corrected chi connectivity index (χ4v) is 3.66. The summed E-state index contributed by atoms with van der Waals surface area (Å²) in [6.45, 7) is 4.35. The highest BCUT2D eigenvalue weighted by molar-refractivity contribution is 7.09. The third-order valence-electron chi connectivity index (χ3n) is 4.17. The number of nitrogens with zero attached hydrogens (tertiary/aromatic N) is 4. The smallest absolute Gasteiger partial charge is 0.293 e. The molecular weight excluding hydrogens is 356 g/mol. The molecule has 0 bridgehead atoms. The number of ether oxygens (including phenoxy) is 1. The largest absolute Gasteiger partial charge is 0.378 e. The first kappa shape index (κ1) is 18.3. The molecule has 1 fully saturated rings. The number of carbonyl (C=O) groups excluding carboxylic acids is 1. The molecule has 1 aliphatic rings. The average molecular weight is 376 g/mol. The van der Waals surface area contributed by atoms with Gasteiger partial charge >= 0.3 is 0 Å². The van der Waals surface area contributed by atoms with Crippen LogP contribution in [-0.4, -0.2) is 54.1 Å². The first-order valence-corrected chi connectivity index (χ1v) is 9.11. The molecule has 0 aliphatic carbocycles. The van der Waals surface area contributed by atoms with Crippen LogP contribution < -0.4 is 4.90 Å². The molecule has 26 heavy (non-hydrogen) atoms. The van der Waals surface area contributed by atoms with E-state index in [1.807, 2.05) is 12.3 Å². The summed E-state index contributed by atoms with van der Waals surface area (Å²) in [5, 5.41) is 14.4. The lowest BCUT2D eigenvalue weighted by Gasteiger charge is -2.27. The third kappa shape index (κ3) is 4.00. The minimum atomic E-state index is -0.449. The Morgan fingerprint density at radius 2 is 2.15 bits per heavy atom. The SMILES string of the molecule is Cc1csc(CN(C)c2ccc(C(=O)N3CCOCC3)cc2[N+](=O)[O-])n1. The molecule has 0 N–H and O–H groups in total. The average Bonchev–Trinajstić information content (AvgIpc) is 3.06. The van der Waals surface area contributed by atoms with Gasteiger partial charge in [0.2, 0.25) is 0 Å². The normalized spacial score (nSPS) is 14.3. The molecule has 0 unspecified atom stereocenters. The van der Waals surface area contributed by atoms with E-state index >= 15 is 0 Å². The van der Waals surface area contributed by atoms with Crippen LogP contribution in [0.25, 0.3) is 0 Å². The molecule has 0 saturated carbocycles. The van der Waals surface area contributed by atoms with Gasteiger partial charge in [0.05, 0.1) is 24.7 Å². The third-order valence-corrected chi connectivity index (χ3v) is 5.12. The van der Waals surface area contributed by atoms with Crippen LogP contribution in [0.4, 0.5) is 11.4 Å². The second kappa shape index (κ2) is 7.79. The van der Waals surface area contributed by atoms with E-state index in [-0.39, 0.29) is 11.6 Å². The fraction of sp³-hybridized carbons (Fsp3) is 0.412. The maximum Gasteiger partial charge on any atom is 0.293 e. The molecule has 8 nitrogen and oxygen atoms in total. The standard InChI is InChI=1S/C17H20N4O4S/c1-12-11-26-16(18-12)10-19(2)14-4-3-13(9-15(14)21(23)24)17(22)20-5-7-25-8-6-20/h3-4,9,11H,5-8,10H2,1-2H3. The predicted octanol–water partition coefficient (Wildman–Crippen LogP) is 2.47. The quantitative estimate of drug-likeness (QED) is 0.588. The van der Waals surface area contributed by atoms with E-state index in [0.29, 0.717) is 44.1 Å². The number of amides is 1. The van der Waals surface area contributed by atoms with E-state index in [1.165, 1.54) is 17.4 Å². The minimum absolute atomic E-state index is 0.0834. The molecule has 1 aromatic carbocycles. The molecule has 1 aliphatic heterocycles. The number of aromatic nitrogens is 1. The summed E-state index contributed by atoms with van der Waals surface area (Å²) in [7, 11) is 1.78. The second-order valence-corrected chi connectivity index (χ2v) is 7.05. The molecule has 0 radical (unpaired) electrons. The summed E-state index contributed by atoms with van der Waals surface area (Å²) in [6, 6.07) is 4.63. The first-order valence-electron chi connectivity index (χ1n) is 8.23. The van der Waals surface area contributed by atoms with Crippen LogP contribution >= 0.6 is 11.3 Å². The van der Waals surface area contributed by atoms with Gasteiger partial charge in [0.1, 0.15) is 10.7 Å². The van der Waals surface area contributed by atoms with Crippen molar-refractivity contribution in [2.45, 2.75) is 13.5 Å². The summed E-state index contributed by atoms with van der Waals surface area (Å²) in [4.78, 5) is 31.5. The number of thiazole rings is 1. The Kier molecular flexibility index (Phi) is 5.48. The summed E-state index contributed by atoms with van der Waals surface area (Å²) >= 11 is 1.52. The molecule has 138 valence electrons. The minimum Gasteiger partial charge on any atom is -0.378 e. The zero-order valence-corrected chi connectivity index (χ0v) is 15.5. The van der Waals surface area contributed by atoms with Gasteiger partial charge in [-0.25, -0.2) is 4.98 Å². The van der Waals surface area contributed by atoms with Gasteiger partial charge in [0.15, 0.2) is 0 Å². The number of anilines is 1. The number of rotatable bonds is 5. The molecule has 1 aromatic heterocycles. The van der Waals surface area contributed by atoms with E-state index in [2.05, 4.69) is 4.98 Å². The van der Waals surface area contributed by atoms with E-state index < -0.39 is 4.92 Å². The summed E-state index contributed by atoms with van der Waals surface area (Å²) in [6.07, 6.45) is 0. The predicted molar refractivity (Wildman–Crippen MR) is 98.8 cm³/mol. The second-order valence-electron chi connectivity index (χ2n) is 6.10. The summed E-state index contributed by atoms with van der Waals surface area (Å²) in [5.41, 5.74) is 1.63. The highest BCUT2D eigenvalue weighted by Crippen LogP contribution is 2.30. The topological polar surface area (TPSA) is 88.8 Å². The van der Waals surface area contributed by atoms with Crippen molar-refractivity contribution in [2.24, 2.45) is 0 Å². The number of nitro benzene ring substituents is 1. The van der Waals surface area contributed by atoms with E-state index in [1.54, 1.807) is 29.0 Å². The van der Waals surface area contributed by atoms with Crippen LogP contribution in [0.2, 0.25) is 0 Å². The number of carbonyl (C=O) groups is 1. The monoisotopic (exact) mass is 376 g/mol. The Balaban J connectivity index is 1.84. The van der Waals surface area contributed by atoms with Crippen LogP contribution in [0.5, 0.6) is 0 Å². The summed E-state index contributed by atoms with van der Waals surface area (Å²) < 4.78 is 5.24. The lowest BCUT2D eigenvalue weighted by molar-refractivity contribution is -0.384. The Hall–Kier alpha value is -2.52. The van der Waals surface area contributed by atoms with Crippen molar-refractivity contribution in [1.29, 1.82) is 0 Å². The number of aryl methyl sites for hydroxylation is 1. The molecule has 3 rings (SSSR count).